The molecule has 0 saturated carbocycles. The molecule has 230 valence electrons. The first-order valence-electron chi connectivity index (χ1n) is 14.6. The Morgan fingerprint density at radius 2 is 1.41 bits per heavy atom. The summed E-state index contributed by atoms with van der Waals surface area (Å²) in [5, 5.41) is 3.23. The van der Waals surface area contributed by atoms with E-state index in [-0.39, 0.29) is 40.5 Å². The van der Waals surface area contributed by atoms with Crippen LogP contribution < -0.4 is 9.62 Å². The van der Waals surface area contributed by atoms with Crippen LogP contribution in [0.2, 0.25) is 5.02 Å². The molecule has 0 aromatic heterocycles. The summed E-state index contributed by atoms with van der Waals surface area (Å²) >= 11 is 6.52. The molecule has 0 aliphatic carbocycles. The number of nitrogens with zero attached hydrogens (tertiary/aromatic N) is 2. The molecular formula is C35H38ClN3O4S. The van der Waals surface area contributed by atoms with Crippen molar-refractivity contribution in [3.63, 3.8) is 0 Å². The Bertz CT molecular complexity index is 1650. The molecule has 0 bridgehead atoms. The van der Waals surface area contributed by atoms with Crippen molar-refractivity contribution in [3.8, 4) is 0 Å². The van der Waals surface area contributed by atoms with Crippen molar-refractivity contribution in [2.24, 2.45) is 0 Å². The highest BCUT2D eigenvalue weighted by Crippen LogP contribution is 2.31. The SMILES string of the molecule is CC[C@@H](C)NC(=O)[C@H](Cc1ccccc1)N(Cc1ccc(C)cc1)C(=O)CN(c1ccccc1Cl)S(=O)(=O)c1ccccc1. The van der Waals surface area contributed by atoms with E-state index in [9.17, 15) is 18.0 Å². The molecule has 2 amide bonds. The third-order valence-corrected chi connectivity index (χ3v) is 9.57. The second-order valence-electron chi connectivity index (χ2n) is 10.8. The maximum Gasteiger partial charge on any atom is 0.264 e. The molecule has 1 N–H and O–H groups in total. The molecule has 0 unspecified atom stereocenters. The lowest BCUT2D eigenvalue weighted by atomic mass is 10.0. The number of hydrogen-bond donors (Lipinski definition) is 1. The Morgan fingerprint density at radius 1 is 0.818 bits per heavy atom. The first-order chi connectivity index (χ1) is 21.1. The molecule has 44 heavy (non-hydrogen) atoms. The Hall–Kier alpha value is -4.14. The van der Waals surface area contributed by atoms with Crippen molar-refractivity contribution in [1.82, 2.24) is 10.2 Å². The predicted molar refractivity (Wildman–Crippen MR) is 176 cm³/mol. The van der Waals surface area contributed by atoms with E-state index in [1.807, 2.05) is 75.4 Å². The second-order valence-corrected chi connectivity index (χ2v) is 13.1. The van der Waals surface area contributed by atoms with Crippen molar-refractivity contribution in [1.29, 1.82) is 0 Å². The van der Waals surface area contributed by atoms with Crippen LogP contribution >= 0.6 is 11.6 Å². The van der Waals surface area contributed by atoms with Gasteiger partial charge in [0, 0.05) is 19.0 Å². The van der Waals surface area contributed by atoms with Gasteiger partial charge in [-0.05, 0) is 55.7 Å². The molecule has 0 aliphatic heterocycles. The number of nitrogens with one attached hydrogen (secondary N) is 1. The highest BCUT2D eigenvalue weighted by Gasteiger charge is 2.35. The van der Waals surface area contributed by atoms with Crippen LogP contribution in [0.1, 0.15) is 37.0 Å². The fraction of sp³-hybridized carbons (Fsp3) is 0.257. The predicted octanol–water partition coefficient (Wildman–Crippen LogP) is 6.40. The quantitative estimate of drug-likeness (QED) is 0.185. The summed E-state index contributed by atoms with van der Waals surface area (Å²) in [6.45, 7) is 5.40. The van der Waals surface area contributed by atoms with Gasteiger partial charge in [-0.25, -0.2) is 8.42 Å². The molecule has 0 spiro atoms. The van der Waals surface area contributed by atoms with E-state index in [0.717, 1.165) is 21.0 Å². The van der Waals surface area contributed by atoms with Crippen LogP contribution in [-0.2, 0) is 32.6 Å². The number of rotatable bonds is 13. The topological polar surface area (TPSA) is 86.8 Å². The highest BCUT2D eigenvalue weighted by molar-refractivity contribution is 7.92. The van der Waals surface area contributed by atoms with Crippen molar-refractivity contribution < 1.29 is 18.0 Å². The normalized spacial score (nSPS) is 12.6. The van der Waals surface area contributed by atoms with Crippen LogP contribution in [0.5, 0.6) is 0 Å². The number of anilines is 1. The number of benzene rings is 4. The lowest BCUT2D eigenvalue weighted by Gasteiger charge is -2.34. The number of carbonyl (C=O) groups is 2. The summed E-state index contributed by atoms with van der Waals surface area (Å²) in [7, 11) is -4.21. The van der Waals surface area contributed by atoms with Crippen LogP contribution in [0.3, 0.4) is 0 Å². The number of sulfonamides is 1. The van der Waals surface area contributed by atoms with E-state index >= 15 is 0 Å². The van der Waals surface area contributed by atoms with Crippen LogP contribution in [0.25, 0.3) is 0 Å². The fourth-order valence-corrected chi connectivity index (χ4v) is 6.51. The maximum atomic E-state index is 14.5. The number of hydrogen-bond acceptors (Lipinski definition) is 4. The molecule has 0 fully saturated rings. The monoisotopic (exact) mass is 631 g/mol. The van der Waals surface area contributed by atoms with Gasteiger partial charge in [0.25, 0.3) is 10.0 Å². The van der Waals surface area contributed by atoms with Crippen LogP contribution in [0, 0.1) is 6.92 Å². The Kier molecular flexibility index (Phi) is 11.2. The molecular weight excluding hydrogens is 594 g/mol. The Labute approximate surface area is 265 Å². The number of para-hydroxylation sites is 1. The zero-order chi connectivity index (χ0) is 31.7. The second kappa shape index (κ2) is 15.0. The summed E-state index contributed by atoms with van der Waals surface area (Å²) in [6, 6.07) is 30.6. The van der Waals surface area contributed by atoms with E-state index in [2.05, 4.69) is 5.32 Å². The van der Waals surface area contributed by atoms with Gasteiger partial charge in [-0.15, -0.1) is 0 Å². The van der Waals surface area contributed by atoms with Gasteiger partial charge in [0.15, 0.2) is 0 Å². The lowest BCUT2D eigenvalue weighted by molar-refractivity contribution is -0.140. The largest absolute Gasteiger partial charge is 0.352 e. The van der Waals surface area contributed by atoms with Gasteiger partial charge in [-0.3, -0.25) is 13.9 Å². The molecule has 0 radical (unpaired) electrons. The first kappa shape index (κ1) is 32.8. The van der Waals surface area contributed by atoms with Crippen LogP contribution in [0.4, 0.5) is 5.69 Å². The zero-order valence-corrected chi connectivity index (χ0v) is 26.8. The molecule has 2 atom stereocenters. The van der Waals surface area contributed by atoms with Crippen LogP contribution in [-0.4, -0.2) is 43.8 Å². The van der Waals surface area contributed by atoms with Crippen LogP contribution in [0.15, 0.2) is 114 Å². The minimum atomic E-state index is -4.21. The minimum absolute atomic E-state index is 0.0214. The summed E-state index contributed by atoms with van der Waals surface area (Å²) in [5.41, 5.74) is 2.91. The fourth-order valence-electron chi connectivity index (χ4n) is 4.77. The van der Waals surface area contributed by atoms with Gasteiger partial charge in [0.2, 0.25) is 11.8 Å². The molecule has 0 heterocycles. The van der Waals surface area contributed by atoms with E-state index in [0.29, 0.717) is 6.42 Å². The standard InChI is InChI=1S/C35H38ClN3O4S/c1-4-27(3)37-35(41)33(23-28-13-7-5-8-14-28)38(24-29-21-19-26(2)20-22-29)34(40)25-39(32-18-12-11-17-31(32)36)44(42,43)30-15-9-6-10-16-30/h5-22,27,33H,4,23-25H2,1-3H3,(H,37,41)/t27-,33+/m1/s1. The smallest absolute Gasteiger partial charge is 0.264 e. The van der Waals surface area contributed by atoms with Crippen molar-refractivity contribution in [2.75, 3.05) is 10.8 Å². The van der Waals surface area contributed by atoms with Crippen molar-refractivity contribution in [2.45, 2.75) is 57.1 Å². The number of aryl methyl sites for hydroxylation is 1. The molecule has 7 nitrogen and oxygen atoms in total. The third-order valence-electron chi connectivity index (χ3n) is 7.48. The Morgan fingerprint density at radius 3 is 2.02 bits per heavy atom. The van der Waals surface area contributed by atoms with Gasteiger partial charge in [0.05, 0.1) is 15.6 Å². The summed E-state index contributed by atoms with van der Waals surface area (Å²) in [6.07, 6.45) is 0.962. The van der Waals surface area contributed by atoms with Gasteiger partial charge in [0.1, 0.15) is 12.6 Å². The van der Waals surface area contributed by atoms with Gasteiger partial charge < -0.3 is 10.2 Å². The summed E-state index contributed by atoms with van der Waals surface area (Å²) in [4.78, 5) is 29.9. The molecule has 4 aromatic carbocycles. The van der Waals surface area contributed by atoms with E-state index in [4.69, 9.17) is 11.6 Å². The van der Waals surface area contributed by atoms with E-state index in [1.54, 1.807) is 42.5 Å². The summed E-state index contributed by atoms with van der Waals surface area (Å²) < 4.78 is 29.1. The zero-order valence-electron chi connectivity index (χ0n) is 25.2. The maximum absolute atomic E-state index is 14.5. The third kappa shape index (κ3) is 8.27. The summed E-state index contributed by atoms with van der Waals surface area (Å²) in [5.74, 6) is -0.843. The molecule has 9 heteroatoms. The van der Waals surface area contributed by atoms with Crippen molar-refractivity contribution >= 4 is 39.1 Å². The average Bonchev–Trinajstić information content (AvgIpc) is 3.03. The molecule has 0 saturated heterocycles. The molecule has 4 aromatic rings. The number of carbonyl (C=O) groups excluding carboxylic acids is 2. The van der Waals surface area contributed by atoms with Gasteiger partial charge in [-0.1, -0.05) is 109 Å². The average molecular weight is 632 g/mol. The molecule has 4 rings (SSSR count). The lowest BCUT2D eigenvalue weighted by Crippen LogP contribution is -2.54. The van der Waals surface area contributed by atoms with E-state index in [1.165, 1.54) is 17.0 Å². The van der Waals surface area contributed by atoms with Gasteiger partial charge >= 0.3 is 0 Å². The first-order valence-corrected chi connectivity index (χ1v) is 16.4. The number of halogens is 1. The van der Waals surface area contributed by atoms with Crippen molar-refractivity contribution in [3.05, 3.63) is 131 Å². The number of amides is 2. The van der Waals surface area contributed by atoms with Gasteiger partial charge in [-0.2, -0.15) is 0 Å². The molecule has 0 aliphatic rings. The van der Waals surface area contributed by atoms with E-state index < -0.39 is 28.5 Å². The minimum Gasteiger partial charge on any atom is -0.352 e. The highest BCUT2D eigenvalue weighted by atomic mass is 35.5. The Balaban J connectivity index is 1.81.